The van der Waals surface area contributed by atoms with E-state index in [-0.39, 0.29) is 18.5 Å². The number of nitrogens with one attached hydrogen (secondary N) is 1. The van der Waals surface area contributed by atoms with Crippen LogP contribution in [0.4, 0.5) is 0 Å². The van der Waals surface area contributed by atoms with Gasteiger partial charge >= 0.3 is 0 Å². The highest BCUT2D eigenvalue weighted by molar-refractivity contribution is 5.76. The van der Waals surface area contributed by atoms with Crippen molar-refractivity contribution in [2.75, 3.05) is 0 Å². The third-order valence-corrected chi connectivity index (χ3v) is 3.25. The number of amides is 1. The second kappa shape index (κ2) is 6.32. The van der Waals surface area contributed by atoms with Gasteiger partial charge in [-0.05, 0) is 24.0 Å². The average Bonchev–Trinajstić information content (AvgIpc) is 2.91. The van der Waals surface area contributed by atoms with Crippen LogP contribution in [-0.4, -0.2) is 20.7 Å². The first-order chi connectivity index (χ1) is 9.56. The van der Waals surface area contributed by atoms with Crippen LogP contribution >= 0.6 is 0 Å². The van der Waals surface area contributed by atoms with Crippen LogP contribution in [0.15, 0.2) is 36.9 Å². The van der Waals surface area contributed by atoms with Gasteiger partial charge in [0, 0.05) is 0 Å². The molecule has 0 radical (unpaired) electrons. The van der Waals surface area contributed by atoms with Crippen LogP contribution in [0.3, 0.4) is 0 Å². The first-order valence-electron chi connectivity index (χ1n) is 6.78. The summed E-state index contributed by atoms with van der Waals surface area (Å²) in [6, 6.07) is 8.33. The van der Waals surface area contributed by atoms with Crippen molar-refractivity contribution in [2.45, 2.75) is 39.3 Å². The Hall–Kier alpha value is -2.17. The zero-order chi connectivity index (χ0) is 14.5. The summed E-state index contributed by atoms with van der Waals surface area (Å²) in [6.07, 6.45) is 2.95. The van der Waals surface area contributed by atoms with Gasteiger partial charge in [0.05, 0.1) is 6.04 Å². The number of hydrogen-bond donors (Lipinski definition) is 1. The average molecular weight is 272 g/mol. The Morgan fingerprint density at radius 1 is 1.20 bits per heavy atom. The Morgan fingerprint density at radius 3 is 2.40 bits per heavy atom. The molecule has 2 aromatic rings. The normalized spacial score (nSPS) is 12.4. The lowest BCUT2D eigenvalue weighted by Crippen LogP contribution is -2.30. The molecule has 1 N–H and O–H groups in total. The molecule has 5 nitrogen and oxygen atoms in total. The monoisotopic (exact) mass is 272 g/mol. The topological polar surface area (TPSA) is 59.8 Å². The minimum atomic E-state index is -0.0732. The molecule has 0 saturated carbocycles. The van der Waals surface area contributed by atoms with Crippen LogP contribution in [0.2, 0.25) is 0 Å². The van der Waals surface area contributed by atoms with Crippen LogP contribution in [0, 0.1) is 0 Å². The van der Waals surface area contributed by atoms with Gasteiger partial charge in [-0.25, -0.2) is 9.67 Å². The summed E-state index contributed by atoms with van der Waals surface area (Å²) >= 11 is 0. The molecule has 1 amide bonds. The molecular weight excluding hydrogens is 252 g/mol. The van der Waals surface area contributed by atoms with Crippen LogP contribution in [-0.2, 0) is 11.3 Å². The molecule has 0 saturated heterocycles. The zero-order valence-corrected chi connectivity index (χ0v) is 12.1. The number of hydrogen-bond acceptors (Lipinski definition) is 3. The van der Waals surface area contributed by atoms with Crippen molar-refractivity contribution < 1.29 is 4.79 Å². The molecule has 106 valence electrons. The third kappa shape index (κ3) is 3.66. The molecule has 1 atom stereocenters. The Labute approximate surface area is 119 Å². The lowest BCUT2D eigenvalue weighted by Gasteiger charge is -2.15. The molecule has 0 aliphatic carbocycles. The largest absolute Gasteiger partial charge is 0.348 e. The second-order valence-electron chi connectivity index (χ2n) is 5.20. The molecule has 0 spiro atoms. The highest BCUT2D eigenvalue weighted by Gasteiger charge is 2.10. The second-order valence-corrected chi connectivity index (χ2v) is 5.20. The molecule has 1 heterocycles. The summed E-state index contributed by atoms with van der Waals surface area (Å²) in [5.74, 6) is 0.442. The maximum absolute atomic E-state index is 11.9. The molecular formula is C15H20N4O. The maximum atomic E-state index is 11.9. The van der Waals surface area contributed by atoms with E-state index >= 15 is 0 Å². The van der Waals surface area contributed by atoms with Crippen molar-refractivity contribution in [1.29, 1.82) is 0 Å². The standard InChI is InChI=1S/C15H20N4O/c1-11(2)13-4-6-14(7-5-13)12(3)18-15(20)8-19-10-16-9-17-19/h4-7,9-12H,8H2,1-3H3,(H,18,20)/t12-/m0/s1. The number of aromatic nitrogens is 3. The summed E-state index contributed by atoms with van der Waals surface area (Å²) in [5, 5.41) is 6.87. The van der Waals surface area contributed by atoms with Crippen molar-refractivity contribution in [1.82, 2.24) is 20.1 Å². The van der Waals surface area contributed by atoms with Crippen LogP contribution < -0.4 is 5.32 Å². The fourth-order valence-electron chi connectivity index (χ4n) is 2.00. The Balaban J connectivity index is 1.93. The van der Waals surface area contributed by atoms with E-state index in [1.807, 2.05) is 6.92 Å². The van der Waals surface area contributed by atoms with Gasteiger partial charge in [0.25, 0.3) is 0 Å². The van der Waals surface area contributed by atoms with Gasteiger partial charge < -0.3 is 5.32 Å². The van der Waals surface area contributed by atoms with Gasteiger partial charge in [0.2, 0.25) is 5.91 Å². The fraction of sp³-hybridized carbons (Fsp3) is 0.400. The summed E-state index contributed by atoms with van der Waals surface area (Å²) in [5.41, 5.74) is 2.40. The molecule has 0 aliphatic heterocycles. The molecule has 1 aromatic heterocycles. The van der Waals surface area contributed by atoms with Gasteiger partial charge in [-0.3, -0.25) is 4.79 Å². The Bertz CT molecular complexity index is 546. The zero-order valence-electron chi connectivity index (χ0n) is 12.1. The summed E-state index contributed by atoms with van der Waals surface area (Å²) in [6.45, 7) is 6.49. The van der Waals surface area contributed by atoms with E-state index in [0.717, 1.165) is 5.56 Å². The van der Waals surface area contributed by atoms with Gasteiger partial charge in [0.15, 0.2) is 0 Å². The van der Waals surface area contributed by atoms with E-state index in [1.165, 1.54) is 22.9 Å². The lowest BCUT2D eigenvalue weighted by atomic mass is 9.99. The third-order valence-electron chi connectivity index (χ3n) is 3.25. The van der Waals surface area contributed by atoms with Crippen molar-refractivity contribution in [2.24, 2.45) is 0 Å². The van der Waals surface area contributed by atoms with E-state index in [4.69, 9.17) is 0 Å². The fourth-order valence-corrected chi connectivity index (χ4v) is 2.00. The molecule has 0 aliphatic rings. The SMILES string of the molecule is CC(C)c1ccc([C@H](C)NC(=O)Cn2cncn2)cc1. The minimum absolute atomic E-state index is 0.0211. The maximum Gasteiger partial charge on any atom is 0.242 e. The van der Waals surface area contributed by atoms with Crippen LogP contribution in [0.1, 0.15) is 43.9 Å². The van der Waals surface area contributed by atoms with E-state index in [2.05, 4.69) is 53.5 Å². The predicted molar refractivity (Wildman–Crippen MR) is 77.1 cm³/mol. The molecule has 0 bridgehead atoms. The molecule has 5 heteroatoms. The predicted octanol–water partition coefficient (Wildman–Crippen LogP) is 2.28. The number of carbonyl (C=O) groups excluding carboxylic acids is 1. The molecule has 0 unspecified atom stereocenters. The highest BCUT2D eigenvalue weighted by atomic mass is 16.2. The van der Waals surface area contributed by atoms with E-state index < -0.39 is 0 Å². The van der Waals surface area contributed by atoms with Crippen molar-refractivity contribution in [3.05, 3.63) is 48.0 Å². The molecule has 0 fully saturated rings. The van der Waals surface area contributed by atoms with Gasteiger partial charge in [-0.1, -0.05) is 38.1 Å². The summed E-state index contributed by atoms with van der Waals surface area (Å²) in [7, 11) is 0. The van der Waals surface area contributed by atoms with Crippen molar-refractivity contribution in [3.63, 3.8) is 0 Å². The van der Waals surface area contributed by atoms with Gasteiger partial charge in [0.1, 0.15) is 19.2 Å². The number of benzene rings is 1. The quantitative estimate of drug-likeness (QED) is 0.908. The van der Waals surface area contributed by atoms with E-state index in [1.54, 1.807) is 0 Å². The Morgan fingerprint density at radius 2 is 1.85 bits per heavy atom. The Kier molecular flexibility index (Phi) is 4.50. The van der Waals surface area contributed by atoms with Crippen LogP contribution in [0.25, 0.3) is 0 Å². The van der Waals surface area contributed by atoms with E-state index in [0.29, 0.717) is 5.92 Å². The van der Waals surface area contributed by atoms with E-state index in [9.17, 15) is 4.79 Å². The molecule has 1 aromatic carbocycles. The summed E-state index contributed by atoms with van der Waals surface area (Å²) < 4.78 is 1.50. The van der Waals surface area contributed by atoms with Crippen LogP contribution in [0.5, 0.6) is 0 Å². The highest BCUT2D eigenvalue weighted by Crippen LogP contribution is 2.18. The lowest BCUT2D eigenvalue weighted by molar-refractivity contribution is -0.122. The first kappa shape index (κ1) is 14.2. The minimum Gasteiger partial charge on any atom is -0.348 e. The first-order valence-corrected chi connectivity index (χ1v) is 6.78. The van der Waals surface area contributed by atoms with Gasteiger partial charge in [-0.15, -0.1) is 0 Å². The van der Waals surface area contributed by atoms with Crippen molar-refractivity contribution >= 4 is 5.91 Å². The number of nitrogens with zero attached hydrogens (tertiary/aromatic N) is 3. The number of carbonyl (C=O) groups is 1. The summed E-state index contributed by atoms with van der Waals surface area (Å²) in [4.78, 5) is 15.7. The van der Waals surface area contributed by atoms with Crippen molar-refractivity contribution in [3.8, 4) is 0 Å². The smallest absolute Gasteiger partial charge is 0.242 e. The number of rotatable bonds is 5. The molecule has 2 rings (SSSR count). The molecule has 20 heavy (non-hydrogen) atoms. The van der Waals surface area contributed by atoms with Gasteiger partial charge in [-0.2, -0.15) is 5.10 Å².